The molecule has 0 radical (unpaired) electrons. The van der Waals surface area contributed by atoms with Crippen molar-refractivity contribution in [2.24, 2.45) is 0 Å². The Morgan fingerprint density at radius 2 is 1.77 bits per heavy atom. The molecule has 0 aliphatic rings. The molecule has 0 bridgehead atoms. The Bertz CT molecular complexity index is 1180. The van der Waals surface area contributed by atoms with Crippen molar-refractivity contribution in [1.29, 1.82) is 0 Å². The van der Waals surface area contributed by atoms with Crippen molar-refractivity contribution >= 4 is 66.4 Å². The highest BCUT2D eigenvalue weighted by atomic mass is 35.5. The van der Waals surface area contributed by atoms with Crippen molar-refractivity contribution in [3.63, 3.8) is 0 Å². The largest absolute Gasteiger partial charge is 0.308 e. The van der Waals surface area contributed by atoms with Crippen molar-refractivity contribution in [3.8, 4) is 0 Å². The van der Waals surface area contributed by atoms with Crippen LogP contribution in [0.5, 0.6) is 0 Å². The van der Waals surface area contributed by atoms with Crippen LogP contribution in [0, 0.1) is 12.7 Å². The van der Waals surface area contributed by atoms with Crippen LogP contribution in [-0.4, -0.2) is 57.1 Å². The predicted molar refractivity (Wildman–Crippen MR) is 126 cm³/mol. The molecule has 11 heteroatoms. The van der Waals surface area contributed by atoms with E-state index in [-0.39, 0.29) is 23.8 Å². The molecular formula is C20H22Cl2FN3O3S2. The molecule has 6 nitrogen and oxygen atoms in total. The number of amides is 1. The van der Waals surface area contributed by atoms with E-state index in [1.807, 2.05) is 32.0 Å². The van der Waals surface area contributed by atoms with Gasteiger partial charge in [-0.25, -0.2) is 17.8 Å². The molecule has 0 spiro atoms. The number of carbonyl (C=O) groups is 1. The Kier molecular flexibility index (Phi) is 8.40. The molecule has 0 fully saturated rings. The van der Waals surface area contributed by atoms with E-state index in [2.05, 4.69) is 4.98 Å². The molecule has 3 rings (SSSR count). The SMILES string of the molecule is Cc1c(Cl)ccc2sc(N(CCN(C)C)C(=O)CS(=O)(=O)c3ccc(F)cc3)nc12.Cl. The molecule has 2 aromatic carbocycles. The van der Waals surface area contributed by atoms with E-state index in [0.29, 0.717) is 22.2 Å². The minimum absolute atomic E-state index is 0. The summed E-state index contributed by atoms with van der Waals surface area (Å²) in [6, 6.07) is 8.03. The number of rotatable bonds is 7. The molecule has 1 aromatic heterocycles. The van der Waals surface area contributed by atoms with Gasteiger partial charge in [0.25, 0.3) is 0 Å². The number of carbonyl (C=O) groups excluding carboxylic acids is 1. The third kappa shape index (κ3) is 5.93. The van der Waals surface area contributed by atoms with E-state index in [1.54, 1.807) is 6.07 Å². The van der Waals surface area contributed by atoms with Gasteiger partial charge in [0.1, 0.15) is 11.6 Å². The topological polar surface area (TPSA) is 70.6 Å². The Morgan fingerprint density at radius 3 is 2.39 bits per heavy atom. The van der Waals surface area contributed by atoms with Gasteiger partial charge in [-0.15, -0.1) is 12.4 Å². The summed E-state index contributed by atoms with van der Waals surface area (Å²) in [6.07, 6.45) is 0. The van der Waals surface area contributed by atoms with Gasteiger partial charge in [0.05, 0.1) is 15.1 Å². The fourth-order valence-corrected chi connectivity index (χ4v) is 5.22. The zero-order valence-electron chi connectivity index (χ0n) is 17.1. The predicted octanol–water partition coefficient (Wildman–Crippen LogP) is 4.19. The highest BCUT2D eigenvalue weighted by Gasteiger charge is 2.27. The molecule has 168 valence electrons. The number of thiazole rings is 1. The molecule has 1 heterocycles. The van der Waals surface area contributed by atoms with E-state index in [1.165, 1.54) is 16.2 Å². The molecule has 1 amide bonds. The Balaban J connectivity index is 0.00000341. The van der Waals surface area contributed by atoms with Gasteiger partial charge in [-0.2, -0.15) is 0 Å². The molecule has 0 N–H and O–H groups in total. The van der Waals surface area contributed by atoms with Gasteiger partial charge in [0.2, 0.25) is 5.91 Å². The quantitative estimate of drug-likeness (QED) is 0.450. The zero-order chi connectivity index (χ0) is 22.1. The van der Waals surface area contributed by atoms with Gasteiger partial charge in [0, 0.05) is 18.1 Å². The number of aromatic nitrogens is 1. The van der Waals surface area contributed by atoms with Crippen molar-refractivity contribution in [1.82, 2.24) is 9.88 Å². The smallest absolute Gasteiger partial charge is 0.244 e. The Hall–Kier alpha value is -1.78. The first kappa shape index (κ1) is 25.5. The van der Waals surface area contributed by atoms with Crippen LogP contribution in [0.15, 0.2) is 41.3 Å². The summed E-state index contributed by atoms with van der Waals surface area (Å²) in [7, 11) is -0.206. The van der Waals surface area contributed by atoms with Crippen LogP contribution in [0.25, 0.3) is 10.2 Å². The number of hydrogen-bond acceptors (Lipinski definition) is 6. The van der Waals surface area contributed by atoms with Crippen molar-refractivity contribution in [2.75, 3.05) is 37.8 Å². The van der Waals surface area contributed by atoms with Crippen LogP contribution in [0.3, 0.4) is 0 Å². The minimum atomic E-state index is -3.93. The number of fused-ring (bicyclic) bond motifs is 1. The summed E-state index contributed by atoms with van der Waals surface area (Å²) in [6.45, 7) is 2.65. The van der Waals surface area contributed by atoms with Crippen LogP contribution >= 0.6 is 35.3 Å². The number of sulfone groups is 1. The van der Waals surface area contributed by atoms with Gasteiger partial charge in [-0.05, 0) is 63.0 Å². The molecular weight excluding hydrogens is 484 g/mol. The number of likely N-dealkylation sites (N-methyl/N-ethyl adjacent to an activating group) is 1. The van der Waals surface area contributed by atoms with E-state index < -0.39 is 27.3 Å². The van der Waals surface area contributed by atoms with Crippen LogP contribution in [0.2, 0.25) is 5.02 Å². The fourth-order valence-electron chi connectivity index (χ4n) is 2.80. The molecule has 0 saturated heterocycles. The highest BCUT2D eigenvalue weighted by Crippen LogP contribution is 2.33. The van der Waals surface area contributed by atoms with Gasteiger partial charge in [-0.3, -0.25) is 9.69 Å². The number of hydrogen-bond donors (Lipinski definition) is 0. The van der Waals surface area contributed by atoms with Crippen LogP contribution < -0.4 is 4.90 Å². The Morgan fingerprint density at radius 1 is 1.13 bits per heavy atom. The average molecular weight is 506 g/mol. The fraction of sp³-hybridized carbons (Fsp3) is 0.300. The molecule has 0 aliphatic carbocycles. The second kappa shape index (κ2) is 10.2. The van der Waals surface area contributed by atoms with E-state index in [0.717, 1.165) is 34.5 Å². The summed E-state index contributed by atoms with van der Waals surface area (Å²) in [5.41, 5.74) is 1.49. The normalized spacial score (nSPS) is 11.5. The van der Waals surface area contributed by atoms with E-state index in [9.17, 15) is 17.6 Å². The minimum Gasteiger partial charge on any atom is -0.308 e. The summed E-state index contributed by atoms with van der Waals surface area (Å²) >= 11 is 7.48. The maximum atomic E-state index is 13.1. The van der Waals surface area contributed by atoms with Gasteiger partial charge in [0.15, 0.2) is 15.0 Å². The first-order valence-electron chi connectivity index (χ1n) is 9.07. The van der Waals surface area contributed by atoms with Gasteiger partial charge >= 0.3 is 0 Å². The monoisotopic (exact) mass is 505 g/mol. The van der Waals surface area contributed by atoms with Crippen LogP contribution in [-0.2, 0) is 14.6 Å². The number of aryl methyl sites for hydroxylation is 1. The van der Waals surface area contributed by atoms with E-state index in [4.69, 9.17) is 11.6 Å². The lowest BCUT2D eigenvalue weighted by atomic mass is 10.2. The number of nitrogens with zero attached hydrogens (tertiary/aromatic N) is 3. The van der Waals surface area contributed by atoms with Crippen molar-refractivity contribution < 1.29 is 17.6 Å². The highest BCUT2D eigenvalue weighted by molar-refractivity contribution is 7.92. The average Bonchev–Trinajstić information content (AvgIpc) is 3.09. The lowest BCUT2D eigenvalue weighted by Gasteiger charge is -2.22. The number of benzene rings is 2. The summed E-state index contributed by atoms with van der Waals surface area (Å²) in [4.78, 5) is 20.8. The maximum Gasteiger partial charge on any atom is 0.244 e. The molecule has 31 heavy (non-hydrogen) atoms. The van der Waals surface area contributed by atoms with Gasteiger partial charge < -0.3 is 4.90 Å². The van der Waals surface area contributed by atoms with Gasteiger partial charge in [-0.1, -0.05) is 22.9 Å². The molecule has 3 aromatic rings. The molecule has 0 atom stereocenters. The molecule has 0 aliphatic heterocycles. The lowest BCUT2D eigenvalue weighted by Crippen LogP contribution is -2.40. The standard InChI is InChI=1S/C20H21ClFN3O3S2.ClH/c1-13-16(21)8-9-17-19(13)23-20(29-17)25(11-10-24(2)3)18(26)12-30(27,28)15-6-4-14(22)5-7-15;/h4-9H,10-12H2,1-3H3;1H. The maximum absolute atomic E-state index is 13.1. The van der Waals surface area contributed by atoms with Crippen molar-refractivity contribution in [3.05, 3.63) is 52.8 Å². The Labute approximate surface area is 196 Å². The first-order chi connectivity index (χ1) is 14.1. The van der Waals surface area contributed by atoms with Crippen molar-refractivity contribution in [2.45, 2.75) is 11.8 Å². The zero-order valence-corrected chi connectivity index (χ0v) is 20.3. The van der Waals surface area contributed by atoms with Crippen LogP contribution in [0.4, 0.5) is 9.52 Å². The first-order valence-corrected chi connectivity index (χ1v) is 11.9. The van der Waals surface area contributed by atoms with Crippen LogP contribution in [0.1, 0.15) is 5.56 Å². The second-order valence-electron chi connectivity index (χ2n) is 7.08. The number of halogens is 3. The lowest BCUT2D eigenvalue weighted by molar-refractivity contribution is -0.116. The summed E-state index contributed by atoms with van der Waals surface area (Å²) in [5.74, 6) is -1.87. The summed E-state index contributed by atoms with van der Waals surface area (Å²) in [5, 5.41) is 0.987. The van der Waals surface area contributed by atoms with E-state index >= 15 is 0 Å². The second-order valence-corrected chi connectivity index (χ2v) is 10.5. The third-order valence-corrected chi connectivity index (χ3v) is 7.60. The molecule has 0 unspecified atom stereocenters. The molecule has 0 saturated carbocycles. The third-order valence-electron chi connectivity index (χ3n) is 4.53. The number of anilines is 1. The summed E-state index contributed by atoms with van der Waals surface area (Å²) < 4.78 is 39.4.